The number of nitrogens with one attached hydrogen (secondary N) is 1. The maximum atomic E-state index is 12.0. The van der Waals surface area contributed by atoms with Crippen molar-refractivity contribution in [1.82, 2.24) is 4.98 Å². The zero-order chi connectivity index (χ0) is 14.0. The summed E-state index contributed by atoms with van der Waals surface area (Å²) in [5.74, 6) is -0.402. The minimum Gasteiger partial charge on any atom is -0.465 e. The summed E-state index contributed by atoms with van der Waals surface area (Å²) in [6.07, 6.45) is 1.49. The molecule has 0 bridgehead atoms. The molecule has 0 aliphatic rings. The maximum absolute atomic E-state index is 12.0. The Labute approximate surface area is 111 Å². The predicted octanol–water partition coefficient (Wildman–Crippen LogP) is 2.44. The number of hydrogen-bond donors (Lipinski definition) is 1. The van der Waals surface area contributed by atoms with Crippen molar-refractivity contribution in [2.24, 2.45) is 0 Å². The van der Waals surface area contributed by atoms with Crippen molar-refractivity contribution in [3.05, 3.63) is 45.2 Å². The second kappa shape index (κ2) is 5.26. The Morgan fingerprint density at radius 1 is 1.21 bits per heavy atom. The molecule has 0 aliphatic heterocycles. The van der Waals surface area contributed by atoms with Gasteiger partial charge in [0.25, 0.3) is 5.56 Å². The number of aryl methyl sites for hydroxylation is 1. The molecule has 0 atom stereocenters. The van der Waals surface area contributed by atoms with Crippen molar-refractivity contribution < 1.29 is 9.53 Å². The fourth-order valence-electron chi connectivity index (χ4n) is 2.43. The van der Waals surface area contributed by atoms with Crippen LogP contribution in [0.3, 0.4) is 0 Å². The van der Waals surface area contributed by atoms with E-state index in [9.17, 15) is 9.59 Å². The number of methoxy groups -OCH3 is 1. The van der Waals surface area contributed by atoms with Crippen LogP contribution in [0.1, 0.15) is 35.3 Å². The van der Waals surface area contributed by atoms with E-state index in [4.69, 9.17) is 0 Å². The quantitative estimate of drug-likeness (QED) is 0.861. The van der Waals surface area contributed by atoms with Crippen molar-refractivity contribution in [2.75, 3.05) is 7.11 Å². The Morgan fingerprint density at radius 2 is 1.89 bits per heavy atom. The number of aromatic nitrogens is 1. The molecule has 1 N–H and O–H groups in total. The Hall–Kier alpha value is -2.10. The molecule has 0 spiro atoms. The predicted molar refractivity (Wildman–Crippen MR) is 74.7 cm³/mol. The molecule has 19 heavy (non-hydrogen) atoms. The number of aromatic amines is 1. The fourth-order valence-corrected chi connectivity index (χ4v) is 2.43. The van der Waals surface area contributed by atoms with Crippen LogP contribution in [0.2, 0.25) is 0 Å². The Bertz CT molecular complexity index is 686. The molecule has 1 aromatic carbocycles. The van der Waals surface area contributed by atoms with Crippen LogP contribution in [0.25, 0.3) is 10.9 Å². The van der Waals surface area contributed by atoms with Crippen LogP contribution >= 0.6 is 0 Å². The van der Waals surface area contributed by atoms with E-state index in [0.29, 0.717) is 17.5 Å². The van der Waals surface area contributed by atoms with Gasteiger partial charge in [0, 0.05) is 16.5 Å². The molecule has 0 saturated carbocycles. The molecule has 1 aromatic heterocycles. The second-order valence-electron chi connectivity index (χ2n) is 4.37. The van der Waals surface area contributed by atoms with E-state index >= 15 is 0 Å². The van der Waals surface area contributed by atoms with Gasteiger partial charge in [-0.15, -0.1) is 0 Å². The van der Waals surface area contributed by atoms with Crippen molar-refractivity contribution >= 4 is 16.9 Å². The van der Waals surface area contributed by atoms with E-state index in [-0.39, 0.29) is 5.56 Å². The summed E-state index contributed by atoms with van der Waals surface area (Å²) in [4.78, 5) is 26.4. The van der Waals surface area contributed by atoms with Gasteiger partial charge in [-0.1, -0.05) is 19.9 Å². The molecule has 0 aliphatic carbocycles. The van der Waals surface area contributed by atoms with Crippen molar-refractivity contribution in [3.8, 4) is 0 Å². The third-order valence-corrected chi connectivity index (χ3v) is 3.36. The smallest absolute Gasteiger partial charge is 0.337 e. The minimum atomic E-state index is -0.402. The highest BCUT2D eigenvalue weighted by Crippen LogP contribution is 2.21. The van der Waals surface area contributed by atoms with E-state index in [1.165, 1.54) is 7.11 Å². The number of carbonyl (C=O) groups is 1. The van der Waals surface area contributed by atoms with Gasteiger partial charge >= 0.3 is 5.97 Å². The molecule has 0 radical (unpaired) electrons. The molecular weight excluding hydrogens is 242 g/mol. The molecule has 0 saturated heterocycles. The standard InChI is InChI=1S/C15H17NO3/c1-4-10-11(5-2)14(17)16-13-8-9(15(18)19-3)6-7-12(10)13/h6-8H,4-5H2,1-3H3,(H,16,17). The number of fused-ring (bicyclic) bond motifs is 1. The monoisotopic (exact) mass is 259 g/mol. The molecule has 4 heteroatoms. The van der Waals surface area contributed by atoms with Gasteiger partial charge in [0.05, 0.1) is 12.7 Å². The number of ether oxygens (including phenoxy) is 1. The summed E-state index contributed by atoms with van der Waals surface area (Å²) in [6, 6.07) is 5.27. The molecular formula is C15H17NO3. The highest BCUT2D eigenvalue weighted by Gasteiger charge is 2.12. The third-order valence-electron chi connectivity index (χ3n) is 3.36. The lowest BCUT2D eigenvalue weighted by Gasteiger charge is -2.10. The summed E-state index contributed by atoms with van der Waals surface area (Å²) >= 11 is 0. The van der Waals surface area contributed by atoms with E-state index in [0.717, 1.165) is 22.9 Å². The Morgan fingerprint density at radius 3 is 2.47 bits per heavy atom. The minimum absolute atomic E-state index is 0.0751. The SMILES string of the molecule is CCc1c(CC)c2ccc(C(=O)OC)cc2[nH]c1=O. The number of carbonyl (C=O) groups excluding carboxylic acids is 1. The van der Waals surface area contributed by atoms with Gasteiger partial charge in [0.1, 0.15) is 0 Å². The molecule has 100 valence electrons. The number of esters is 1. The number of benzene rings is 1. The van der Waals surface area contributed by atoms with E-state index < -0.39 is 5.97 Å². The average Bonchev–Trinajstić information content (AvgIpc) is 2.44. The van der Waals surface area contributed by atoms with Crippen molar-refractivity contribution in [1.29, 1.82) is 0 Å². The first kappa shape index (κ1) is 13.3. The lowest BCUT2D eigenvalue weighted by Crippen LogP contribution is -2.15. The maximum Gasteiger partial charge on any atom is 0.337 e. The first-order valence-electron chi connectivity index (χ1n) is 6.38. The second-order valence-corrected chi connectivity index (χ2v) is 4.37. The number of pyridine rings is 1. The highest BCUT2D eigenvalue weighted by atomic mass is 16.5. The fraction of sp³-hybridized carbons (Fsp3) is 0.333. The summed E-state index contributed by atoms with van der Waals surface area (Å²) in [5.41, 5.74) is 2.92. The van der Waals surface area contributed by atoms with Crippen LogP contribution < -0.4 is 5.56 Å². The Kier molecular flexibility index (Phi) is 3.69. The van der Waals surface area contributed by atoms with Gasteiger partial charge in [-0.3, -0.25) is 4.79 Å². The first-order valence-corrected chi connectivity index (χ1v) is 6.38. The number of hydrogen-bond acceptors (Lipinski definition) is 3. The van der Waals surface area contributed by atoms with Gasteiger partial charge in [-0.25, -0.2) is 4.79 Å². The number of H-pyrrole nitrogens is 1. The normalized spacial score (nSPS) is 10.7. The van der Waals surface area contributed by atoms with Gasteiger partial charge in [0.15, 0.2) is 0 Å². The summed E-state index contributed by atoms with van der Waals surface area (Å²) in [7, 11) is 1.34. The molecule has 2 aromatic rings. The van der Waals surface area contributed by atoms with Crippen LogP contribution in [0.5, 0.6) is 0 Å². The topological polar surface area (TPSA) is 59.2 Å². The Balaban J connectivity index is 2.76. The van der Waals surface area contributed by atoms with Gasteiger partial charge < -0.3 is 9.72 Å². The van der Waals surface area contributed by atoms with Gasteiger partial charge in [0.2, 0.25) is 0 Å². The van der Waals surface area contributed by atoms with Crippen LogP contribution in [0.4, 0.5) is 0 Å². The number of rotatable bonds is 3. The molecule has 2 rings (SSSR count). The van der Waals surface area contributed by atoms with Gasteiger partial charge in [-0.2, -0.15) is 0 Å². The largest absolute Gasteiger partial charge is 0.465 e. The molecule has 1 heterocycles. The van der Waals surface area contributed by atoms with E-state index in [2.05, 4.69) is 9.72 Å². The van der Waals surface area contributed by atoms with Crippen LogP contribution in [0.15, 0.2) is 23.0 Å². The highest BCUT2D eigenvalue weighted by molar-refractivity contribution is 5.95. The zero-order valence-electron chi connectivity index (χ0n) is 11.4. The summed E-state index contributed by atoms with van der Waals surface area (Å²) in [5, 5.41) is 0.992. The van der Waals surface area contributed by atoms with Gasteiger partial charge in [-0.05, 0) is 30.5 Å². The van der Waals surface area contributed by atoms with Crippen LogP contribution in [-0.2, 0) is 17.6 Å². The molecule has 0 fully saturated rings. The zero-order valence-corrected chi connectivity index (χ0v) is 11.4. The van der Waals surface area contributed by atoms with Crippen LogP contribution in [-0.4, -0.2) is 18.1 Å². The first-order chi connectivity index (χ1) is 9.12. The summed E-state index contributed by atoms with van der Waals surface area (Å²) < 4.78 is 4.69. The van der Waals surface area contributed by atoms with Crippen molar-refractivity contribution in [2.45, 2.75) is 26.7 Å². The van der Waals surface area contributed by atoms with Crippen LogP contribution in [0, 0.1) is 0 Å². The molecule has 4 nitrogen and oxygen atoms in total. The lowest BCUT2D eigenvalue weighted by atomic mass is 9.98. The molecule has 0 unspecified atom stereocenters. The van der Waals surface area contributed by atoms with E-state index in [1.54, 1.807) is 12.1 Å². The van der Waals surface area contributed by atoms with E-state index in [1.807, 2.05) is 19.9 Å². The average molecular weight is 259 g/mol. The molecule has 0 amide bonds. The third kappa shape index (κ3) is 2.26. The summed E-state index contributed by atoms with van der Waals surface area (Å²) in [6.45, 7) is 4.00. The lowest BCUT2D eigenvalue weighted by molar-refractivity contribution is 0.0601. The van der Waals surface area contributed by atoms with Crippen molar-refractivity contribution in [3.63, 3.8) is 0 Å².